The van der Waals surface area contributed by atoms with Crippen molar-refractivity contribution >= 4 is 6.03 Å². The standard InChI is InChI=1S/C7H10N4O/c12-7(10-3-1-8-5-10)11-4-2-9-6-11/h1-4,8-9H,5-6H2. The number of rotatable bonds is 0. The Hall–Kier alpha value is -1.65. The van der Waals surface area contributed by atoms with Gasteiger partial charge in [-0.15, -0.1) is 0 Å². The average Bonchev–Trinajstić information content (AvgIpc) is 2.77. The predicted octanol–water partition coefficient (Wildman–Crippen LogP) is -0.226. The lowest BCUT2D eigenvalue weighted by molar-refractivity contribution is 0.190. The topological polar surface area (TPSA) is 47.6 Å². The third-order valence-electron chi connectivity index (χ3n) is 1.76. The zero-order valence-electron chi connectivity index (χ0n) is 6.53. The zero-order chi connectivity index (χ0) is 8.39. The van der Waals surface area contributed by atoms with Gasteiger partial charge in [-0.1, -0.05) is 0 Å². The van der Waals surface area contributed by atoms with E-state index in [1.807, 2.05) is 0 Å². The van der Waals surface area contributed by atoms with Crippen molar-refractivity contribution in [3.63, 3.8) is 0 Å². The van der Waals surface area contributed by atoms with Crippen LogP contribution in [-0.2, 0) is 0 Å². The zero-order valence-corrected chi connectivity index (χ0v) is 6.53. The number of hydrogen-bond donors (Lipinski definition) is 2. The number of nitrogens with one attached hydrogen (secondary N) is 2. The van der Waals surface area contributed by atoms with Gasteiger partial charge in [-0.25, -0.2) is 4.79 Å². The van der Waals surface area contributed by atoms with Crippen molar-refractivity contribution in [3.05, 3.63) is 24.8 Å². The monoisotopic (exact) mass is 166 g/mol. The third kappa shape index (κ3) is 1.09. The molecule has 12 heavy (non-hydrogen) atoms. The maximum atomic E-state index is 11.5. The Morgan fingerprint density at radius 1 is 1.08 bits per heavy atom. The predicted molar refractivity (Wildman–Crippen MR) is 43.4 cm³/mol. The molecule has 64 valence electrons. The van der Waals surface area contributed by atoms with Crippen LogP contribution in [0.5, 0.6) is 0 Å². The molecule has 0 atom stereocenters. The van der Waals surface area contributed by atoms with Gasteiger partial charge >= 0.3 is 6.03 Å². The van der Waals surface area contributed by atoms with Gasteiger partial charge in [0.05, 0.1) is 13.3 Å². The third-order valence-corrected chi connectivity index (χ3v) is 1.76. The molecule has 0 spiro atoms. The van der Waals surface area contributed by atoms with E-state index in [0.29, 0.717) is 13.3 Å². The van der Waals surface area contributed by atoms with Gasteiger partial charge in [-0.2, -0.15) is 0 Å². The van der Waals surface area contributed by atoms with Gasteiger partial charge in [-0.3, -0.25) is 9.80 Å². The quantitative estimate of drug-likeness (QED) is 0.522. The summed E-state index contributed by atoms with van der Waals surface area (Å²) in [6.07, 6.45) is 6.97. The largest absolute Gasteiger partial charge is 0.372 e. The molecule has 2 N–H and O–H groups in total. The Labute approximate surface area is 70.3 Å². The molecule has 2 aliphatic rings. The molecule has 0 saturated heterocycles. The second kappa shape index (κ2) is 2.77. The van der Waals surface area contributed by atoms with Crippen molar-refractivity contribution in [2.45, 2.75) is 0 Å². The average molecular weight is 166 g/mol. The van der Waals surface area contributed by atoms with E-state index in [9.17, 15) is 4.79 Å². The molecule has 5 nitrogen and oxygen atoms in total. The maximum Gasteiger partial charge on any atom is 0.331 e. The summed E-state index contributed by atoms with van der Waals surface area (Å²) in [7, 11) is 0. The summed E-state index contributed by atoms with van der Waals surface area (Å²) >= 11 is 0. The van der Waals surface area contributed by atoms with Crippen molar-refractivity contribution in [2.75, 3.05) is 13.3 Å². The first-order valence-corrected chi connectivity index (χ1v) is 3.75. The summed E-state index contributed by atoms with van der Waals surface area (Å²) < 4.78 is 0. The molecule has 0 radical (unpaired) electrons. The Bertz CT molecular complexity index is 224. The lowest BCUT2D eigenvalue weighted by atomic mass is 10.7. The number of nitrogens with zero attached hydrogens (tertiary/aromatic N) is 2. The van der Waals surface area contributed by atoms with Crippen molar-refractivity contribution in [1.29, 1.82) is 0 Å². The molecule has 2 heterocycles. The van der Waals surface area contributed by atoms with E-state index in [1.165, 1.54) is 0 Å². The minimum Gasteiger partial charge on any atom is -0.372 e. The summed E-state index contributed by atoms with van der Waals surface area (Å²) in [4.78, 5) is 14.7. The normalized spacial score (nSPS) is 19.7. The molecule has 0 fully saturated rings. The van der Waals surface area contributed by atoms with Crippen LogP contribution in [0.1, 0.15) is 0 Å². The van der Waals surface area contributed by atoms with E-state index >= 15 is 0 Å². The lowest BCUT2D eigenvalue weighted by Gasteiger charge is -2.19. The van der Waals surface area contributed by atoms with E-state index in [1.54, 1.807) is 34.6 Å². The summed E-state index contributed by atoms with van der Waals surface area (Å²) in [6.45, 7) is 1.12. The number of carbonyl (C=O) groups excluding carboxylic acids is 1. The molecular formula is C7H10N4O. The van der Waals surface area contributed by atoms with Crippen LogP contribution in [0.3, 0.4) is 0 Å². The molecule has 0 bridgehead atoms. The van der Waals surface area contributed by atoms with Crippen LogP contribution in [0.2, 0.25) is 0 Å². The highest BCUT2D eigenvalue weighted by Gasteiger charge is 2.20. The minimum absolute atomic E-state index is 0.0162. The molecule has 2 rings (SSSR count). The second-order valence-corrected chi connectivity index (χ2v) is 2.58. The molecule has 0 aromatic heterocycles. The number of hydrogen-bond acceptors (Lipinski definition) is 3. The van der Waals surface area contributed by atoms with Crippen molar-refractivity contribution in [3.8, 4) is 0 Å². The molecule has 0 saturated carbocycles. The van der Waals surface area contributed by atoms with Gasteiger partial charge in [0.2, 0.25) is 0 Å². The van der Waals surface area contributed by atoms with E-state index < -0.39 is 0 Å². The van der Waals surface area contributed by atoms with Gasteiger partial charge in [0.15, 0.2) is 0 Å². The van der Waals surface area contributed by atoms with Gasteiger partial charge in [0.1, 0.15) is 0 Å². The van der Waals surface area contributed by atoms with Crippen LogP contribution >= 0.6 is 0 Å². The van der Waals surface area contributed by atoms with E-state index in [-0.39, 0.29) is 6.03 Å². The molecular weight excluding hydrogens is 156 g/mol. The van der Waals surface area contributed by atoms with E-state index in [0.717, 1.165) is 0 Å². The van der Waals surface area contributed by atoms with Gasteiger partial charge in [-0.05, 0) is 0 Å². The van der Waals surface area contributed by atoms with E-state index in [2.05, 4.69) is 10.6 Å². The van der Waals surface area contributed by atoms with Crippen LogP contribution in [0, 0.1) is 0 Å². The highest BCUT2D eigenvalue weighted by atomic mass is 16.2. The lowest BCUT2D eigenvalue weighted by Crippen LogP contribution is -2.38. The highest BCUT2D eigenvalue weighted by molar-refractivity contribution is 5.77. The first-order chi connectivity index (χ1) is 5.88. The summed E-state index contributed by atoms with van der Waals surface area (Å²) in [5.74, 6) is 0. The molecule has 0 aliphatic carbocycles. The molecule has 5 heteroatoms. The number of amides is 2. The molecule has 0 aromatic carbocycles. The first-order valence-electron chi connectivity index (χ1n) is 3.75. The molecule has 2 amide bonds. The fraction of sp³-hybridized carbons (Fsp3) is 0.286. The highest BCUT2D eigenvalue weighted by Crippen LogP contribution is 2.04. The Morgan fingerprint density at radius 3 is 1.92 bits per heavy atom. The van der Waals surface area contributed by atoms with Gasteiger partial charge in [0.25, 0.3) is 0 Å². The second-order valence-electron chi connectivity index (χ2n) is 2.58. The van der Waals surface area contributed by atoms with Gasteiger partial charge in [0, 0.05) is 24.8 Å². The molecule has 2 aliphatic heterocycles. The van der Waals surface area contributed by atoms with Crippen LogP contribution in [0.15, 0.2) is 24.8 Å². The van der Waals surface area contributed by atoms with Crippen LogP contribution < -0.4 is 10.6 Å². The number of urea groups is 1. The van der Waals surface area contributed by atoms with Crippen LogP contribution in [0.4, 0.5) is 4.79 Å². The molecule has 0 aromatic rings. The Morgan fingerprint density at radius 2 is 1.58 bits per heavy atom. The van der Waals surface area contributed by atoms with Crippen LogP contribution in [-0.4, -0.2) is 29.2 Å². The first kappa shape index (κ1) is 7.02. The number of carbonyl (C=O) groups is 1. The SMILES string of the molecule is O=C(N1C=CNC1)N1C=CNC1. The fourth-order valence-electron chi connectivity index (χ4n) is 1.12. The van der Waals surface area contributed by atoms with Gasteiger partial charge < -0.3 is 10.6 Å². The maximum absolute atomic E-state index is 11.5. The summed E-state index contributed by atoms with van der Waals surface area (Å²) in [5.41, 5.74) is 0. The Kier molecular flexibility index (Phi) is 1.62. The minimum atomic E-state index is -0.0162. The van der Waals surface area contributed by atoms with Crippen LogP contribution in [0.25, 0.3) is 0 Å². The summed E-state index contributed by atoms with van der Waals surface area (Å²) in [6, 6.07) is -0.0162. The smallest absolute Gasteiger partial charge is 0.331 e. The fourth-order valence-corrected chi connectivity index (χ4v) is 1.12. The molecule has 0 unspecified atom stereocenters. The summed E-state index contributed by atoms with van der Waals surface area (Å²) in [5, 5.41) is 5.86. The van der Waals surface area contributed by atoms with Crippen molar-refractivity contribution in [2.24, 2.45) is 0 Å². The van der Waals surface area contributed by atoms with Crippen molar-refractivity contribution in [1.82, 2.24) is 20.4 Å². The van der Waals surface area contributed by atoms with Crippen molar-refractivity contribution < 1.29 is 4.79 Å². The Balaban J connectivity index is 1.99. The van der Waals surface area contributed by atoms with E-state index in [4.69, 9.17) is 0 Å².